The van der Waals surface area contributed by atoms with Gasteiger partial charge in [0.25, 0.3) is 0 Å². The summed E-state index contributed by atoms with van der Waals surface area (Å²) in [5.41, 5.74) is 6.14. The van der Waals surface area contributed by atoms with E-state index < -0.39 is 0 Å². The van der Waals surface area contributed by atoms with Crippen molar-refractivity contribution in [3.05, 3.63) is 23.4 Å². The summed E-state index contributed by atoms with van der Waals surface area (Å²) in [7, 11) is 2.05. The van der Waals surface area contributed by atoms with Crippen molar-refractivity contribution in [2.45, 2.75) is 45.7 Å². The third-order valence-electron chi connectivity index (χ3n) is 4.78. The molecule has 0 aliphatic carbocycles. The smallest absolute Gasteiger partial charge is 0.210 e. The molecule has 0 spiro atoms. The van der Waals surface area contributed by atoms with Crippen LogP contribution < -0.4 is 5.43 Å². The maximum absolute atomic E-state index is 4.84. The summed E-state index contributed by atoms with van der Waals surface area (Å²) in [6, 6.07) is 0. The first-order valence-electron chi connectivity index (χ1n) is 8.62. The van der Waals surface area contributed by atoms with E-state index in [2.05, 4.69) is 30.4 Å². The van der Waals surface area contributed by atoms with Crippen molar-refractivity contribution in [3.63, 3.8) is 0 Å². The van der Waals surface area contributed by atoms with Crippen LogP contribution in [-0.4, -0.2) is 61.8 Å². The molecule has 0 saturated carbocycles. The number of hydrazine groups is 1. The zero-order valence-electron chi connectivity index (χ0n) is 14.5. The molecule has 1 saturated heterocycles. The summed E-state index contributed by atoms with van der Waals surface area (Å²) >= 11 is 0. The van der Waals surface area contributed by atoms with Crippen LogP contribution in [0.2, 0.25) is 0 Å². The number of nitrogens with one attached hydrogen (secondary N) is 1. The van der Waals surface area contributed by atoms with Gasteiger partial charge in [-0.1, -0.05) is 0 Å². The number of fused-ring (bicyclic) bond motifs is 1. The maximum Gasteiger partial charge on any atom is 0.210 e. The number of hydrogen-bond donors (Lipinski definition) is 1. The van der Waals surface area contributed by atoms with Crippen molar-refractivity contribution in [2.75, 3.05) is 20.1 Å². The number of aliphatic imine (C=N–C) groups is 1. The molecule has 2 aliphatic heterocycles. The number of likely N-dealkylation sites (tertiary alicyclic amines) is 1. The van der Waals surface area contributed by atoms with Crippen molar-refractivity contribution in [1.29, 1.82) is 0 Å². The highest BCUT2D eigenvalue weighted by atomic mass is 15.6. The Kier molecular flexibility index (Phi) is 3.84. The first-order valence-corrected chi connectivity index (χ1v) is 8.62. The summed E-state index contributed by atoms with van der Waals surface area (Å²) in [6.45, 7) is 6.17. The number of aryl methyl sites for hydroxylation is 3. The summed E-state index contributed by atoms with van der Waals surface area (Å²) in [5, 5.41) is 6.71. The molecule has 4 heterocycles. The lowest BCUT2D eigenvalue weighted by Gasteiger charge is -2.20. The van der Waals surface area contributed by atoms with Crippen LogP contribution in [-0.2, 0) is 6.42 Å². The molecule has 24 heavy (non-hydrogen) atoms. The molecule has 1 N–H and O–H groups in total. The predicted molar refractivity (Wildman–Crippen MR) is 91.5 cm³/mol. The average molecular weight is 328 g/mol. The quantitative estimate of drug-likeness (QED) is 0.902. The van der Waals surface area contributed by atoms with Gasteiger partial charge in [-0.05, 0) is 33.1 Å². The highest BCUT2D eigenvalue weighted by Gasteiger charge is 2.27. The van der Waals surface area contributed by atoms with Crippen LogP contribution >= 0.6 is 0 Å². The fourth-order valence-corrected chi connectivity index (χ4v) is 3.33. The monoisotopic (exact) mass is 328 g/mol. The first-order chi connectivity index (χ1) is 11.6. The Balaban J connectivity index is 1.46. The Morgan fingerprint density at radius 3 is 2.79 bits per heavy atom. The van der Waals surface area contributed by atoms with Gasteiger partial charge in [-0.3, -0.25) is 10.4 Å². The van der Waals surface area contributed by atoms with Crippen LogP contribution in [0.25, 0.3) is 5.65 Å². The van der Waals surface area contributed by atoms with E-state index in [1.54, 1.807) is 0 Å². The molecule has 2 aromatic rings. The molecular formula is C16H24N8. The van der Waals surface area contributed by atoms with E-state index in [0.29, 0.717) is 0 Å². The molecule has 128 valence electrons. The van der Waals surface area contributed by atoms with Crippen LogP contribution in [0.15, 0.2) is 11.2 Å². The molecular weight excluding hydrogens is 304 g/mol. The zero-order chi connectivity index (χ0) is 16.7. The zero-order valence-corrected chi connectivity index (χ0v) is 14.5. The predicted octanol–water partition coefficient (Wildman–Crippen LogP) is 0.902. The largest absolute Gasteiger partial charge is 0.342 e. The molecule has 8 heteroatoms. The number of rotatable bonds is 3. The summed E-state index contributed by atoms with van der Waals surface area (Å²) in [5.74, 6) is 1.87. The van der Waals surface area contributed by atoms with Gasteiger partial charge < -0.3 is 4.90 Å². The number of guanidine groups is 1. The van der Waals surface area contributed by atoms with E-state index in [1.165, 1.54) is 12.8 Å². The standard InChI is InChI=1S/C16H24N8/c1-11-10-17-12(2)15-18-13(20-24(11)15)6-7-14-19-16(21-22(14)3)23-8-4-5-9-23/h10,14H,4-9H2,1-3H3,(H,19,21). The molecule has 2 aliphatic rings. The topological polar surface area (TPSA) is 74.0 Å². The average Bonchev–Trinajstić information content (AvgIpc) is 3.28. The van der Waals surface area contributed by atoms with E-state index in [9.17, 15) is 0 Å². The Morgan fingerprint density at radius 1 is 1.25 bits per heavy atom. The van der Waals surface area contributed by atoms with Gasteiger partial charge in [0.05, 0.1) is 11.4 Å². The second-order valence-corrected chi connectivity index (χ2v) is 6.64. The van der Waals surface area contributed by atoms with Crippen LogP contribution in [0, 0.1) is 13.8 Å². The van der Waals surface area contributed by atoms with Crippen LogP contribution in [0.5, 0.6) is 0 Å². The van der Waals surface area contributed by atoms with E-state index in [4.69, 9.17) is 4.99 Å². The second kappa shape index (κ2) is 6.01. The van der Waals surface area contributed by atoms with E-state index in [0.717, 1.165) is 54.8 Å². The van der Waals surface area contributed by atoms with Gasteiger partial charge in [0.1, 0.15) is 6.17 Å². The lowest BCUT2D eigenvalue weighted by atomic mass is 10.2. The minimum atomic E-state index is 0.132. The fraction of sp³-hybridized carbons (Fsp3) is 0.625. The Hall–Kier alpha value is -2.22. The second-order valence-electron chi connectivity index (χ2n) is 6.64. The lowest BCUT2D eigenvalue weighted by molar-refractivity contribution is 0.223. The van der Waals surface area contributed by atoms with Gasteiger partial charge in [0.15, 0.2) is 11.5 Å². The van der Waals surface area contributed by atoms with Crippen molar-refractivity contribution in [2.24, 2.45) is 4.99 Å². The van der Waals surface area contributed by atoms with Crippen LogP contribution in [0.3, 0.4) is 0 Å². The van der Waals surface area contributed by atoms with Crippen molar-refractivity contribution in [1.82, 2.24) is 34.9 Å². The Bertz CT molecular complexity index is 735. The summed E-state index contributed by atoms with van der Waals surface area (Å²) < 4.78 is 1.88. The van der Waals surface area contributed by atoms with Crippen molar-refractivity contribution < 1.29 is 0 Å². The molecule has 1 fully saturated rings. The number of hydrogen-bond acceptors (Lipinski definition) is 7. The van der Waals surface area contributed by atoms with Gasteiger partial charge in [-0.15, -0.1) is 0 Å². The van der Waals surface area contributed by atoms with Gasteiger partial charge >= 0.3 is 0 Å². The van der Waals surface area contributed by atoms with E-state index in [1.807, 2.05) is 31.6 Å². The van der Waals surface area contributed by atoms with E-state index >= 15 is 0 Å². The van der Waals surface area contributed by atoms with Gasteiger partial charge in [0, 0.05) is 32.8 Å². The summed E-state index contributed by atoms with van der Waals surface area (Å²) in [4.78, 5) is 16.2. The maximum atomic E-state index is 4.84. The minimum Gasteiger partial charge on any atom is -0.342 e. The number of aromatic nitrogens is 4. The van der Waals surface area contributed by atoms with Crippen molar-refractivity contribution >= 4 is 11.6 Å². The van der Waals surface area contributed by atoms with E-state index in [-0.39, 0.29) is 6.17 Å². The molecule has 1 atom stereocenters. The van der Waals surface area contributed by atoms with Crippen molar-refractivity contribution in [3.8, 4) is 0 Å². The van der Waals surface area contributed by atoms with Gasteiger partial charge in [-0.2, -0.15) is 10.1 Å². The van der Waals surface area contributed by atoms with Gasteiger partial charge in [0.2, 0.25) is 5.96 Å². The molecule has 4 rings (SSSR count). The highest BCUT2D eigenvalue weighted by molar-refractivity contribution is 5.81. The minimum absolute atomic E-state index is 0.132. The SMILES string of the molecule is Cc1ncc(C)n2nc(CCC3N=C(N4CCCC4)NN3C)nc12. The Morgan fingerprint density at radius 2 is 2.04 bits per heavy atom. The molecule has 0 amide bonds. The Labute approximate surface area is 141 Å². The third-order valence-corrected chi connectivity index (χ3v) is 4.78. The molecule has 8 nitrogen and oxygen atoms in total. The highest BCUT2D eigenvalue weighted by Crippen LogP contribution is 2.16. The number of nitrogens with zero attached hydrogens (tertiary/aromatic N) is 7. The molecule has 0 aromatic carbocycles. The lowest BCUT2D eigenvalue weighted by Crippen LogP contribution is -2.43. The third kappa shape index (κ3) is 2.71. The normalized spacial score (nSPS) is 21.5. The van der Waals surface area contributed by atoms with Crippen LogP contribution in [0.4, 0.5) is 0 Å². The fourth-order valence-electron chi connectivity index (χ4n) is 3.33. The summed E-state index contributed by atoms with van der Waals surface area (Å²) in [6.07, 6.45) is 6.17. The van der Waals surface area contributed by atoms with Gasteiger partial charge in [-0.25, -0.2) is 14.5 Å². The molecule has 0 bridgehead atoms. The van der Waals surface area contributed by atoms with Crippen LogP contribution in [0.1, 0.15) is 36.5 Å². The molecule has 2 aromatic heterocycles. The molecule has 1 unspecified atom stereocenters. The molecule has 0 radical (unpaired) electrons. The first kappa shape index (κ1) is 15.3.